The Hall–Kier alpha value is -2.80. The lowest BCUT2D eigenvalue weighted by Crippen LogP contribution is -2.32. The predicted molar refractivity (Wildman–Crippen MR) is 79.5 cm³/mol. The van der Waals surface area contributed by atoms with Crippen LogP contribution in [0.2, 0.25) is 0 Å². The van der Waals surface area contributed by atoms with E-state index in [2.05, 4.69) is 11.4 Å². The highest BCUT2D eigenvalue weighted by molar-refractivity contribution is 5.95. The van der Waals surface area contributed by atoms with E-state index in [1.165, 1.54) is 0 Å². The lowest BCUT2D eigenvalue weighted by molar-refractivity contribution is -0.116. The van der Waals surface area contributed by atoms with Crippen LogP contribution in [0.1, 0.15) is 5.56 Å². The first-order chi connectivity index (χ1) is 9.70. The fraction of sp³-hybridized carbons (Fsp3) is 0.125. The molecule has 1 N–H and O–H groups in total. The van der Waals surface area contributed by atoms with Crippen molar-refractivity contribution in [1.82, 2.24) is 0 Å². The Bertz CT molecular complexity index is 632. The van der Waals surface area contributed by atoms with E-state index in [4.69, 9.17) is 5.26 Å². The molecule has 2 rings (SSSR count). The zero-order valence-electron chi connectivity index (χ0n) is 11.2. The fourth-order valence-corrected chi connectivity index (χ4v) is 1.79. The maximum atomic E-state index is 12.1. The molecule has 0 radical (unpaired) electrons. The van der Waals surface area contributed by atoms with Gasteiger partial charge in [-0.05, 0) is 30.3 Å². The average Bonchev–Trinajstić information content (AvgIpc) is 2.53. The highest BCUT2D eigenvalue weighted by Crippen LogP contribution is 2.12. The van der Waals surface area contributed by atoms with Crippen molar-refractivity contribution in [2.24, 2.45) is 0 Å². The van der Waals surface area contributed by atoms with Gasteiger partial charge in [0.2, 0.25) is 5.91 Å². The number of carbonyl (C=O) groups excluding carboxylic acids is 1. The second-order valence-electron chi connectivity index (χ2n) is 4.33. The van der Waals surface area contributed by atoms with E-state index in [0.29, 0.717) is 5.56 Å². The van der Waals surface area contributed by atoms with Gasteiger partial charge in [0.25, 0.3) is 0 Å². The molecule has 0 heterocycles. The molecule has 20 heavy (non-hydrogen) atoms. The molecular weight excluding hydrogens is 250 g/mol. The van der Waals surface area contributed by atoms with Crippen LogP contribution in [0.3, 0.4) is 0 Å². The molecule has 0 saturated heterocycles. The quantitative estimate of drug-likeness (QED) is 0.924. The topological polar surface area (TPSA) is 56.1 Å². The summed E-state index contributed by atoms with van der Waals surface area (Å²) in [5, 5.41) is 11.9. The summed E-state index contributed by atoms with van der Waals surface area (Å²) >= 11 is 0. The minimum absolute atomic E-state index is 0.0430. The van der Waals surface area contributed by atoms with Crippen molar-refractivity contribution in [3.63, 3.8) is 0 Å². The van der Waals surface area contributed by atoms with Gasteiger partial charge in [0.1, 0.15) is 0 Å². The van der Waals surface area contributed by atoms with Crippen molar-refractivity contribution in [2.75, 3.05) is 23.8 Å². The van der Waals surface area contributed by atoms with E-state index in [-0.39, 0.29) is 12.5 Å². The van der Waals surface area contributed by atoms with Crippen molar-refractivity contribution < 1.29 is 4.79 Å². The number of nitrogens with zero attached hydrogens (tertiary/aromatic N) is 2. The SMILES string of the molecule is CN(C(=O)CNc1cccc(C#N)c1)c1ccccc1. The van der Waals surface area contributed by atoms with Crippen LogP contribution < -0.4 is 10.2 Å². The summed E-state index contributed by atoms with van der Waals surface area (Å²) in [6.07, 6.45) is 0. The Morgan fingerprint density at radius 1 is 1.20 bits per heavy atom. The number of carbonyl (C=O) groups is 1. The molecule has 100 valence electrons. The largest absolute Gasteiger partial charge is 0.376 e. The molecule has 0 bridgehead atoms. The molecular formula is C16H15N3O. The summed E-state index contributed by atoms with van der Waals surface area (Å²) in [4.78, 5) is 13.7. The smallest absolute Gasteiger partial charge is 0.246 e. The third kappa shape index (κ3) is 3.36. The molecule has 0 unspecified atom stereocenters. The number of amides is 1. The number of rotatable bonds is 4. The molecule has 0 spiro atoms. The maximum Gasteiger partial charge on any atom is 0.246 e. The summed E-state index contributed by atoms with van der Waals surface area (Å²) in [7, 11) is 1.74. The van der Waals surface area contributed by atoms with E-state index < -0.39 is 0 Å². The Balaban J connectivity index is 1.97. The second kappa shape index (κ2) is 6.39. The van der Waals surface area contributed by atoms with E-state index in [1.807, 2.05) is 36.4 Å². The first kappa shape index (κ1) is 13.6. The Morgan fingerprint density at radius 3 is 2.65 bits per heavy atom. The van der Waals surface area contributed by atoms with Crippen molar-refractivity contribution in [1.29, 1.82) is 5.26 Å². The Labute approximate surface area is 118 Å². The van der Waals surface area contributed by atoms with Crippen molar-refractivity contribution in [3.05, 3.63) is 60.2 Å². The number of likely N-dealkylation sites (N-methyl/N-ethyl adjacent to an activating group) is 1. The summed E-state index contributed by atoms with van der Waals surface area (Å²) < 4.78 is 0. The van der Waals surface area contributed by atoms with Crippen LogP contribution in [-0.2, 0) is 4.79 Å². The third-order valence-corrected chi connectivity index (χ3v) is 2.95. The number of benzene rings is 2. The second-order valence-corrected chi connectivity index (χ2v) is 4.33. The molecule has 0 aliphatic heterocycles. The first-order valence-corrected chi connectivity index (χ1v) is 6.26. The predicted octanol–water partition coefficient (Wildman–Crippen LogP) is 2.63. The molecule has 0 aliphatic rings. The van der Waals surface area contributed by atoms with E-state index in [0.717, 1.165) is 11.4 Å². The number of nitriles is 1. The number of hydrogen-bond acceptors (Lipinski definition) is 3. The van der Waals surface area contributed by atoms with E-state index >= 15 is 0 Å². The Morgan fingerprint density at radius 2 is 1.95 bits per heavy atom. The monoisotopic (exact) mass is 265 g/mol. The van der Waals surface area contributed by atoms with Gasteiger partial charge in [-0.3, -0.25) is 4.79 Å². The summed E-state index contributed by atoms with van der Waals surface area (Å²) in [6.45, 7) is 0.181. The van der Waals surface area contributed by atoms with Gasteiger partial charge in [-0.2, -0.15) is 5.26 Å². The minimum Gasteiger partial charge on any atom is -0.376 e. The summed E-state index contributed by atoms with van der Waals surface area (Å²) in [5.74, 6) is -0.0430. The minimum atomic E-state index is -0.0430. The van der Waals surface area contributed by atoms with Crippen LogP contribution in [0, 0.1) is 11.3 Å². The molecule has 0 aliphatic carbocycles. The number of nitrogens with one attached hydrogen (secondary N) is 1. The van der Waals surface area contributed by atoms with Gasteiger partial charge < -0.3 is 10.2 Å². The first-order valence-electron chi connectivity index (χ1n) is 6.26. The number of hydrogen-bond donors (Lipinski definition) is 1. The zero-order chi connectivity index (χ0) is 14.4. The highest BCUT2D eigenvalue weighted by Gasteiger charge is 2.09. The van der Waals surface area contributed by atoms with Gasteiger partial charge in [0.15, 0.2) is 0 Å². The van der Waals surface area contributed by atoms with Gasteiger partial charge in [0.05, 0.1) is 18.2 Å². The Kier molecular flexibility index (Phi) is 4.35. The van der Waals surface area contributed by atoms with Crippen LogP contribution in [-0.4, -0.2) is 19.5 Å². The number of para-hydroxylation sites is 1. The van der Waals surface area contributed by atoms with Gasteiger partial charge in [-0.25, -0.2) is 0 Å². The fourth-order valence-electron chi connectivity index (χ4n) is 1.79. The van der Waals surface area contributed by atoms with Crippen LogP contribution in [0.15, 0.2) is 54.6 Å². The van der Waals surface area contributed by atoms with E-state index in [9.17, 15) is 4.79 Å². The molecule has 0 atom stereocenters. The van der Waals surface area contributed by atoms with Gasteiger partial charge >= 0.3 is 0 Å². The van der Waals surface area contributed by atoms with Gasteiger partial charge in [-0.1, -0.05) is 24.3 Å². The summed E-state index contributed by atoms with van der Waals surface area (Å²) in [6, 6.07) is 18.6. The standard InChI is InChI=1S/C16H15N3O/c1-19(15-8-3-2-4-9-15)16(20)12-18-14-7-5-6-13(10-14)11-17/h2-10,18H,12H2,1H3. The highest BCUT2D eigenvalue weighted by atomic mass is 16.2. The average molecular weight is 265 g/mol. The van der Waals surface area contributed by atoms with Crippen molar-refractivity contribution in [2.45, 2.75) is 0 Å². The van der Waals surface area contributed by atoms with Gasteiger partial charge in [0, 0.05) is 18.4 Å². The third-order valence-electron chi connectivity index (χ3n) is 2.95. The normalized spacial score (nSPS) is 9.60. The van der Waals surface area contributed by atoms with Crippen molar-refractivity contribution >= 4 is 17.3 Å². The maximum absolute atomic E-state index is 12.1. The molecule has 2 aromatic rings. The van der Waals surface area contributed by atoms with Gasteiger partial charge in [-0.15, -0.1) is 0 Å². The summed E-state index contributed by atoms with van der Waals surface area (Å²) in [5.41, 5.74) is 2.18. The molecule has 0 aromatic heterocycles. The molecule has 0 saturated carbocycles. The molecule has 4 nitrogen and oxygen atoms in total. The van der Waals surface area contributed by atoms with E-state index in [1.54, 1.807) is 30.1 Å². The molecule has 1 amide bonds. The van der Waals surface area contributed by atoms with Crippen LogP contribution in [0.25, 0.3) is 0 Å². The van der Waals surface area contributed by atoms with Crippen LogP contribution >= 0.6 is 0 Å². The zero-order valence-corrected chi connectivity index (χ0v) is 11.2. The number of anilines is 2. The lowest BCUT2D eigenvalue weighted by Gasteiger charge is -2.17. The molecule has 2 aromatic carbocycles. The molecule has 0 fully saturated rings. The van der Waals surface area contributed by atoms with Crippen LogP contribution in [0.4, 0.5) is 11.4 Å². The molecule has 4 heteroatoms. The lowest BCUT2D eigenvalue weighted by atomic mass is 10.2. The van der Waals surface area contributed by atoms with Crippen molar-refractivity contribution in [3.8, 4) is 6.07 Å². The van der Waals surface area contributed by atoms with Crippen LogP contribution in [0.5, 0.6) is 0 Å².